The maximum atomic E-state index is 13.1. The molecule has 1 amide bonds. The Morgan fingerprint density at radius 2 is 1.83 bits per heavy atom. The Hall–Kier alpha value is -1.15. The first-order valence-electron chi connectivity index (χ1n) is 10.6. The number of amides is 1. The minimum absolute atomic E-state index is 0.0192. The summed E-state index contributed by atoms with van der Waals surface area (Å²) in [5.41, 5.74) is 0.324. The molecular formula is C21H32ClN3O3S. The fourth-order valence-corrected chi connectivity index (χ4v) is 6.36. The quantitative estimate of drug-likeness (QED) is 0.735. The highest BCUT2D eigenvalue weighted by Gasteiger charge is 2.31. The highest BCUT2D eigenvalue weighted by Crippen LogP contribution is 2.29. The molecule has 29 heavy (non-hydrogen) atoms. The highest BCUT2D eigenvalue weighted by atomic mass is 35.5. The van der Waals surface area contributed by atoms with Crippen molar-refractivity contribution in [1.29, 1.82) is 0 Å². The molecule has 0 radical (unpaired) electrons. The molecule has 2 aliphatic rings. The van der Waals surface area contributed by atoms with Crippen molar-refractivity contribution in [2.24, 2.45) is 11.8 Å². The van der Waals surface area contributed by atoms with E-state index in [-0.39, 0.29) is 15.8 Å². The molecule has 0 bridgehead atoms. The summed E-state index contributed by atoms with van der Waals surface area (Å²) < 4.78 is 27.7. The number of hydrogen-bond acceptors (Lipinski definition) is 4. The molecule has 0 spiro atoms. The summed E-state index contributed by atoms with van der Waals surface area (Å²) in [4.78, 5) is 15.0. The van der Waals surface area contributed by atoms with E-state index in [4.69, 9.17) is 11.6 Å². The summed E-state index contributed by atoms with van der Waals surface area (Å²) in [5.74, 6) is 0.748. The van der Waals surface area contributed by atoms with E-state index in [0.717, 1.165) is 32.5 Å². The van der Waals surface area contributed by atoms with Gasteiger partial charge in [0.1, 0.15) is 4.90 Å². The molecule has 1 aromatic rings. The smallest absolute Gasteiger partial charge is 0.251 e. The first-order valence-corrected chi connectivity index (χ1v) is 12.4. The fraction of sp³-hybridized carbons (Fsp3) is 0.667. The number of rotatable bonds is 6. The van der Waals surface area contributed by atoms with Crippen LogP contribution in [0.1, 0.15) is 49.9 Å². The Kier molecular flexibility index (Phi) is 7.59. The number of halogens is 1. The number of piperidine rings is 2. The number of nitrogens with zero attached hydrogens (tertiary/aromatic N) is 2. The first kappa shape index (κ1) is 22.5. The first-order chi connectivity index (χ1) is 13.8. The fourth-order valence-electron chi connectivity index (χ4n) is 4.27. The molecule has 2 fully saturated rings. The lowest BCUT2D eigenvalue weighted by Gasteiger charge is -2.30. The summed E-state index contributed by atoms with van der Waals surface area (Å²) in [7, 11) is -3.71. The van der Waals surface area contributed by atoms with Crippen molar-refractivity contribution < 1.29 is 13.2 Å². The third kappa shape index (κ3) is 5.72. The van der Waals surface area contributed by atoms with E-state index in [1.54, 1.807) is 6.07 Å². The van der Waals surface area contributed by atoms with E-state index in [1.165, 1.54) is 29.3 Å². The maximum Gasteiger partial charge on any atom is 0.251 e. The summed E-state index contributed by atoms with van der Waals surface area (Å²) in [6.45, 7) is 8.77. The zero-order valence-electron chi connectivity index (χ0n) is 17.4. The largest absolute Gasteiger partial charge is 0.351 e. The van der Waals surface area contributed by atoms with Crippen molar-refractivity contribution in [1.82, 2.24) is 14.5 Å². The molecule has 2 atom stereocenters. The van der Waals surface area contributed by atoms with Gasteiger partial charge in [0.05, 0.1) is 5.02 Å². The van der Waals surface area contributed by atoms with Crippen molar-refractivity contribution in [2.45, 2.75) is 44.4 Å². The molecule has 1 N–H and O–H groups in total. The predicted octanol–water partition coefficient (Wildman–Crippen LogP) is 3.22. The second-order valence-electron chi connectivity index (χ2n) is 8.56. The molecule has 1 aromatic carbocycles. The molecule has 0 aromatic heterocycles. The zero-order valence-corrected chi connectivity index (χ0v) is 18.9. The average Bonchev–Trinajstić information content (AvgIpc) is 2.68. The average molecular weight is 442 g/mol. The number of nitrogens with one attached hydrogen (secondary N) is 1. The number of carbonyl (C=O) groups is 1. The van der Waals surface area contributed by atoms with Gasteiger partial charge >= 0.3 is 0 Å². The van der Waals surface area contributed by atoms with Crippen LogP contribution in [0.3, 0.4) is 0 Å². The van der Waals surface area contributed by atoms with Gasteiger partial charge in [-0.2, -0.15) is 4.31 Å². The van der Waals surface area contributed by atoms with E-state index in [0.29, 0.717) is 37.0 Å². The van der Waals surface area contributed by atoms with Crippen LogP contribution in [-0.4, -0.2) is 62.8 Å². The number of likely N-dealkylation sites (tertiary alicyclic amines) is 1. The Balaban J connectivity index is 1.65. The van der Waals surface area contributed by atoms with Crippen LogP contribution >= 0.6 is 11.6 Å². The second-order valence-corrected chi connectivity index (χ2v) is 10.9. The van der Waals surface area contributed by atoms with Gasteiger partial charge in [0.15, 0.2) is 0 Å². The second kappa shape index (κ2) is 9.77. The third-order valence-corrected chi connectivity index (χ3v) is 8.23. The highest BCUT2D eigenvalue weighted by molar-refractivity contribution is 7.89. The predicted molar refractivity (Wildman–Crippen MR) is 116 cm³/mol. The van der Waals surface area contributed by atoms with Crippen molar-refractivity contribution in [3.8, 4) is 0 Å². The lowest BCUT2D eigenvalue weighted by atomic mass is 10.0. The van der Waals surface area contributed by atoms with Gasteiger partial charge in [-0.05, 0) is 62.3 Å². The Bertz CT molecular complexity index is 830. The standard InChI is InChI=1S/C21H32ClN3O3S/c1-16-5-3-10-24(14-16)12-9-23-21(26)18-7-8-19(22)20(13-18)29(27,28)25-11-4-6-17(2)15-25/h7-8,13,16-17H,3-6,9-12,14-15H2,1-2H3,(H,23,26). The van der Waals surface area contributed by atoms with Gasteiger partial charge in [-0.15, -0.1) is 0 Å². The van der Waals surface area contributed by atoms with E-state index >= 15 is 0 Å². The van der Waals surface area contributed by atoms with Gasteiger partial charge in [0.2, 0.25) is 10.0 Å². The van der Waals surface area contributed by atoms with Crippen LogP contribution in [0.25, 0.3) is 0 Å². The Morgan fingerprint density at radius 3 is 2.52 bits per heavy atom. The van der Waals surface area contributed by atoms with Crippen LogP contribution in [-0.2, 0) is 10.0 Å². The van der Waals surface area contributed by atoms with Crippen molar-refractivity contribution in [3.05, 3.63) is 28.8 Å². The summed E-state index contributed by atoms with van der Waals surface area (Å²) in [6.07, 6.45) is 4.33. The lowest BCUT2D eigenvalue weighted by Crippen LogP contribution is -2.40. The SMILES string of the molecule is CC1CCCN(CCNC(=O)c2ccc(Cl)c(S(=O)(=O)N3CCCC(C)C3)c2)C1. The van der Waals surface area contributed by atoms with Gasteiger partial charge in [-0.3, -0.25) is 4.79 Å². The van der Waals surface area contributed by atoms with Gasteiger partial charge in [-0.25, -0.2) is 8.42 Å². The number of benzene rings is 1. The molecule has 2 aliphatic heterocycles. The zero-order chi connectivity index (χ0) is 21.0. The molecule has 6 nitrogen and oxygen atoms in total. The summed E-state index contributed by atoms with van der Waals surface area (Å²) >= 11 is 6.22. The van der Waals surface area contributed by atoms with Crippen molar-refractivity contribution >= 4 is 27.5 Å². The summed E-state index contributed by atoms with van der Waals surface area (Å²) in [5, 5.41) is 3.07. The molecule has 3 rings (SSSR count). The molecule has 8 heteroatoms. The molecule has 2 heterocycles. The van der Waals surface area contributed by atoms with E-state index in [1.807, 2.05) is 0 Å². The number of sulfonamides is 1. The van der Waals surface area contributed by atoms with Gasteiger partial charge < -0.3 is 10.2 Å². The van der Waals surface area contributed by atoms with Crippen LogP contribution in [0, 0.1) is 11.8 Å². The monoisotopic (exact) mass is 441 g/mol. The van der Waals surface area contributed by atoms with Crippen molar-refractivity contribution in [3.63, 3.8) is 0 Å². The van der Waals surface area contributed by atoms with Crippen molar-refractivity contribution in [2.75, 3.05) is 39.3 Å². The minimum Gasteiger partial charge on any atom is -0.351 e. The van der Waals surface area contributed by atoms with Gasteiger partial charge in [-0.1, -0.05) is 25.4 Å². The Morgan fingerprint density at radius 1 is 1.14 bits per heavy atom. The van der Waals surface area contributed by atoms with E-state index in [9.17, 15) is 13.2 Å². The van der Waals surface area contributed by atoms with Crippen LogP contribution in [0.2, 0.25) is 5.02 Å². The molecular weight excluding hydrogens is 410 g/mol. The molecule has 0 saturated carbocycles. The number of carbonyl (C=O) groups excluding carboxylic acids is 1. The van der Waals surface area contributed by atoms with Crippen LogP contribution in [0.5, 0.6) is 0 Å². The van der Waals surface area contributed by atoms with Crippen LogP contribution in [0.4, 0.5) is 0 Å². The molecule has 2 unspecified atom stereocenters. The van der Waals surface area contributed by atoms with E-state index in [2.05, 4.69) is 24.1 Å². The van der Waals surface area contributed by atoms with Crippen LogP contribution < -0.4 is 5.32 Å². The number of hydrogen-bond donors (Lipinski definition) is 1. The normalized spacial score (nSPS) is 24.4. The van der Waals surface area contributed by atoms with E-state index < -0.39 is 10.0 Å². The summed E-state index contributed by atoms with van der Waals surface area (Å²) in [6, 6.07) is 4.50. The molecule has 162 valence electrons. The lowest BCUT2D eigenvalue weighted by molar-refractivity contribution is 0.0943. The van der Waals surface area contributed by atoms with Gasteiger partial charge in [0.25, 0.3) is 5.91 Å². The third-order valence-electron chi connectivity index (χ3n) is 5.89. The van der Waals surface area contributed by atoms with Crippen LogP contribution in [0.15, 0.2) is 23.1 Å². The molecule has 0 aliphatic carbocycles. The minimum atomic E-state index is -3.71. The van der Waals surface area contributed by atoms with Gasteiger partial charge in [0, 0.05) is 38.3 Å². The Labute approximate surface area is 179 Å². The molecule has 2 saturated heterocycles. The topological polar surface area (TPSA) is 69.7 Å². The maximum absolute atomic E-state index is 13.1.